The van der Waals surface area contributed by atoms with E-state index in [1.807, 2.05) is 6.92 Å². The van der Waals surface area contributed by atoms with Gasteiger partial charge in [0.25, 0.3) is 0 Å². The molecule has 3 unspecified atom stereocenters. The van der Waals surface area contributed by atoms with Crippen molar-refractivity contribution >= 4 is 29.6 Å². The lowest BCUT2D eigenvalue weighted by molar-refractivity contribution is -0.853. The van der Waals surface area contributed by atoms with Crippen molar-refractivity contribution < 1.29 is 29.5 Å². The number of Topliss-reactive ketones (excluding diaryl/α,β-unsaturated/α-hetero) is 2. The van der Waals surface area contributed by atoms with Crippen molar-refractivity contribution in [3.63, 3.8) is 0 Å². The Kier molecular flexibility index (Phi) is 13.4. The number of unbranched alkanes of at least 4 members (excludes halogenated alkanes) is 1. The SMILES string of the molecule is CC(CO)C/C(CO)=C1\SCC[NH+]1C(C(=O)C[N-]N[C@@H](C=O)CCCCN)C(=O)c1ccccc1. The molecule has 1 heterocycles. The van der Waals surface area contributed by atoms with Gasteiger partial charge < -0.3 is 31.6 Å². The largest absolute Gasteiger partial charge is 0.590 e. The maximum absolute atomic E-state index is 13.5. The molecule has 0 aromatic heterocycles. The molecule has 0 amide bonds. The molecule has 0 spiro atoms. The Labute approximate surface area is 211 Å². The summed E-state index contributed by atoms with van der Waals surface area (Å²) in [5.41, 5.74) is 13.5. The third-order valence-corrected chi connectivity index (χ3v) is 7.19. The number of rotatable bonds is 17. The van der Waals surface area contributed by atoms with E-state index in [9.17, 15) is 24.6 Å². The van der Waals surface area contributed by atoms with E-state index in [2.05, 4.69) is 10.9 Å². The number of nitrogens with zero attached hydrogens (tertiary/aromatic N) is 1. The molecule has 1 fully saturated rings. The maximum atomic E-state index is 13.5. The number of carbonyl (C=O) groups excluding carboxylic acids is 3. The molecular weight excluding hydrogens is 468 g/mol. The van der Waals surface area contributed by atoms with Gasteiger partial charge in [-0.05, 0) is 31.7 Å². The van der Waals surface area contributed by atoms with Crippen LogP contribution in [0.3, 0.4) is 0 Å². The summed E-state index contributed by atoms with van der Waals surface area (Å²) in [6, 6.07) is 7.15. The molecule has 2 rings (SSSR count). The normalized spacial score (nSPS) is 19.7. The quantitative estimate of drug-likeness (QED) is 0.0663. The van der Waals surface area contributed by atoms with Crippen LogP contribution >= 0.6 is 11.8 Å². The summed E-state index contributed by atoms with van der Waals surface area (Å²) in [6.45, 7) is 2.50. The first-order valence-corrected chi connectivity index (χ1v) is 13.1. The average molecular weight is 507 g/mol. The van der Waals surface area contributed by atoms with E-state index < -0.39 is 12.1 Å². The lowest BCUT2D eigenvalue weighted by atomic mass is 9.98. The van der Waals surface area contributed by atoms with Gasteiger partial charge in [-0.1, -0.05) is 62.0 Å². The van der Waals surface area contributed by atoms with Crippen molar-refractivity contribution in [3.05, 3.63) is 51.9 Å². The molecule has 0 radical (unpaired) electrons. The molecule has 9 nitrogen and oxygen atoms in total. The summed E-state index contributed by atoms with van der Waals surface area (Å²) in [7, 11) is 0. The molecule has 0 aliphatic carbocycles. The maximum Gasteiger partial charge on any atom is 0.228 e. The van der Waals surface area contributed by atoms with Crippen LogP contribution in [0.15, 0.2) is 40.9 Å². The van der Waals surface area contributed by atoms with Crippen LogP contribution in [0.4, 0.5) is 0 Å². The van der Waals surface area contributed by atoms with Crippen molar-refractivity contribution in [1.82, 2.24) is 5.43 Å². The molecule has 1 aliphatic rings. The second-order valence-corrected chi connectivity index (χ2v) is 9.91. The summed E-state index contributed by atoms with van der Waals surface area (Å²) in [6.07, 6.45) is 3.37. The summed E-state index contributed by atoms with van der Waals surface area (Å²) in [5.74, 6) is -0.00876. The van der Waals surface area contributed by atoms with Crippen LogP contribution in [0, 0.1) is 5.92 Å². The summed E-state index contributed by atoms with van der Waals surface area (Å²) >= 11 is 1.53. The molecule has 1 saturated heterocycles. The van der Waals surface area contributed by atoms with Crippen molar-refractivity contribution in [2.75, 3.05) is 38.6 Å². The van der Waals surface area contributed by atoms with Crippen molar-refractivity contribution in [3.8, 4) is 0 Å². The van der Waals surface area contributed by atoms with Gasteiger partial charge in [0.05, 0.1) is 18.9 Å². The Hall–Kier alpha value is -1.92. The number of ketones is 2. The van der Waals surface area contributed by atoms with Gasteiger partial charge in [0, 0.05) is 23.8 Å². The highest BCUT2D eigenvalue weighted by atomic mass is 32.2. The second kappa shape index (κ2) is 15.9. The van der Waals surface area contributed by atoms with Gasteiger partial charge in [-0.15, -0.1) is 0 Å². The molecule has 1 aromatic carbocycles. The van der Waals surface area contributed by atoms with Gasteiger partial charge in [-0.3, -0.25) is 14.5 Å². The van der Waals surface area contributed by atoms with Gasteiger partial charge in [-0.2, -0.15) is 0 Å². The number of hydrogen-bond donors (Lipinski definition) is 5. The number of hydrogen-bond acceptors (Lipinski definition) is 8. The molecule has 10 heteroatoms. The first kappa shape index (κ1) is 29.3. The predicted octanol–water partition coefficient (Wildman–Crippen LogP) is 0.236. The molecule has 4 atom stereocenters. The topological polar surface area (TPSA) is 148 Å². The Balaban J connectivity index is 2.24. The molecule has 35 heavy (non-hydrogen) atoms. The minimum atomic E-state index is -1.02. The molecule has 1 aromatic rings. The number of aliphatic hydroxyl groups is 2. The van der Waals surface area contributed by atoms with Crippen molar-refractivity contribution in [2.45, 2.75) is 44.7 Å². The Morgan fingerprint density at radius 3 is 2.63 bits per heavy atom. The first-order chi connectivity index (χ1) is 17.0. The third kappa shape index (κ3) is 8.91. The number of nitrogens with two attached hydrogens (primary N) is 1. The van der Waals surface area contributed by atoms with Gasteiger partial charge in [0.15, 0.2) is 10.8 Å². The molecule has 0 saturated carbocycles. The van der Waals surface area contributed by atoms with E-state index in [1.54, 1.807) is 30.3 Å². The van der Waals surface area contributed by atoms with Crippen LogP contribution in [-0.4, -0.2) is 78.8 Å². The molecule has 194 valence electrons. The van der Waals surface area contributed by atoms with E-state index in [4.69, 9.17) is 5.73 Å². The minimum absolute atomic E-state index is 0.0180. The average Bonchev–Trinajstić information content (AvgIpc) is 3.35. The third-order valence-electron chi connectivity index (χ3n) is 5.94. The number of aliphatic hydroxyl groups excluding tert-OH is 2. The highest BCUT2D eigenvalue weighted by molar-refractivity contribution is 8.03. The van der Waals surface area contributed by atoms with Crippen LogP contribution in [-0.2, 0) is 9.59 Å². The predicted molar refractivity (Wildman–Crippen MR) is 137 cm³/mol. The number of aldehydes is 1. The van der Waals surface area contributed by atoms with Gasteiger partial charge in [0.1, 0.15) is 6.29 Å². The van der Waals surface area contributed by atoms with E-state index >= 15 is 0 Å². The summed E-state index contributed by atoms with van der Waals surface area (Å²) in [4.78, 5) is 39.0. The number of carbonyl (C=O) groups is 3. The first-order valence-electron chi connectivity index (χ1n) is 12.1. The Morgan fingerprint density at radius 2 is 2.00 bits per heavy atom. The van der Waals surface area contributed by atoms with E-state index in [0.717, 1.165) is 29.7 Å². The van der Waals surface area contributed by atoms with E-state index in [-0.39, 0.29) is 37.2 Å². The molecule has 1 aliphatic heterocycles. The fraction of sp³-hybridized carbons (Fsp3) is 0.560. The number of thioether (sulfide) groups is 1. The number of benzene rings is 1. The lowest BCUT2D eigenvalue weighted by Gasteiger charge is -2.29. The van der Waals surface area contributed by atoms with Crippen molar-refractivity contribution in [1.29, 1.82) is 0 Å². The zero-order valence-electron chi connectivity index (χ0n) is 20.3. The molecule has 0 bridgehead atoms. The number of quaternary nitrogens is 1. The Bertz CT molecular complexity index is 852. The van der Waals surface area contributed by atoms with E-state index in [1.165, 1.54) is 11.8 Å². The van der Waals surface area contributed by atoms with Gasteiger partial charge in [0.2, 0.25) is 11.8 Å². The van der Waals surface area contributed by atoms with Crippen molar-refractivity contribution in [2.24, 2.45) is 11.7 Å². The van der Waals surface area contributed by atoms with E-state index in [0.29, 0.717) is 42.1 Å². The molecular formula is C25H38N4O5S. The zero-order valence-corrected chi connectivity index (χ0v) is 21.1. The van der Waals surface area contributed by atoms with Gasteiger partial charge >= 0.3 is 0 Å². The minimum Gasteiger partial charge on any atom is -0.590 e. The highest BCUT2D eigenvalue weighted by Gasteiger charge is 2.41. The highest BCUT2D eigenvalue weighted by Crippen LogP contribution is 2.24. The van der Waals surface area contributed by atoms with Crippen LogP contribution in [0.25, 0.3) is 5.43 Å². The van der Waals surface area contributed by atoms with Crippen LogP contribution in [0.5, 0.6) is 0 Å². The lowest BCUT2D eigenvalue weighted by Crippen LogP contribution is -3.15. The summed E-state index contributed by atoms with van der Waals surface area (Å²) < 4.78 is 0. The van der Waals surface area contributed by atoms with Gasteiger partial charge in [-0.25, -0.2) is 0 Å². The summed E-state index contributed by atoms with van der Waals surface area (Å²) in [5, 5.41) is 20.3. The zero-order chi connectivity index (χ0) is 25.6. The van der Waals surface area contributed by atoms with Crippen LogP contribution in [0.2, 0.25) is 0 Å². The molecule has 6 N–H and O–H groups in total. The van der Waals surface area contributed by atoms with Crippen LogP contribution in [0.1, 0.15) is 43.0 Å². The monoisotopic (exact) mass is 506 g/mol. The fourth-order valence-electron chi connectivity index (χ4n) is 4.06. The van der Waals surface area contributed by atoms with Crippen LogP contribution < -0.4 is 16.1 Å². The smallest absolute Gasteiger partial charge is 0.228 e. The number of nitrogens with one attached hydrogen (secondary N) is 2. The Morgan fingerprint density at radius 1 is 1.26 bits per heavy atom. The standard InChI is InChI=1S/C25H37N4O5S/c1-18(15-30)13-20(16-31)25-29(11-12-35-25)23(24(34)19-7-3-2-4-8-19)22(33)14-27-28-21(17-32)9-5-6-10-26/h2-4,7-8,17-18,21,23,28,30-31H,5-6,9-16,26H2,1H3/q-1/p+1/b25-20+/t18?,21-,23?/m1/s1. The fourth-order valence-corrected chi connectivity index (χ4v) is 5.34. The second-order valence-electron chi connectivity index (χ2n) is 8.81.